The lowest BCUT2D eigenvalue weighted by molar-refractivity contribution is -0.137. The number of nitrogens with one attached hydrogen (secondary N) is 2. The van der Waals surface area contributed by atoms with Crippen LogP contribution in [0.25, 0.3) is 0 Å². The Morgan fingerprint density at radius 3 is 2.39 bits per heavy atom. The predicted octanol–water partition coefficient (Wildman–Crippen LogP) is 2.28. The summed E-state index contributed by atoms with van der Waals surface area (Å²) in [6.07, 6.45) is 8.67. The Bertz CT molecular complexity index is 681. The minimum absolute atomic E-state index is 0.0194. The highest BCUT2D eigenvalue weighted by Crippen LogP contribution is 2.38. The first-order valence-electron chi connectivity index (χ1n) is 11.1. The number of carbonyl (C=O) groups is 3. The number of carbonyl (C=O) groups excluding carboxylic acids is 3. The summed E-state index contributed by atoms with van der Waals surface area (Å²) >= 11 is 1.12. The van der Waals surface area contributed by atoms with E-state index in [0.29, 0.717) is 12.3 Å². The summed E-state index contributed by atoms with van der Waals surface area (Å²) in [4.78, 5) is 53.1. The Kier molecular flexibility index (Phi) is 16.6. The molecule has 0 saturated carbocycles. The van der Waals surface area contributed by atoms with Crippen molar-refractivity contribution in [1.29, 1.82) is 0 Å². The van der Waals surface area contributed by atoms with E-state index >= 15 is 0 Å². The van der Waals surface area contributed by atoms with Gasteiger partial charge in [0.25, 0.3) is 0 Å². The molecule has 0 rings (SSSR count). The Morgan fingerprint density at radius 2 is 1.76 bits per heavy atom. The molecule has 0 aromatic carbocycles. The molecule has 0 aromatic rings. The van der Waals surface area contributed by atoms with Gasteiger partial charge < -0.3 is 25.5 Å². The molecule has 33 heavy (non-hydrogen) atoms. The first-order chi connectivity index (χ1) is 15.4. The van der Waals surface area contributed by atoms with E-state index < -0.39 is 31.9 Å². The van der Waals surface area contributed by atoms with Crippen LogP contribution in [0.2, 0.25) is 0 Å². The van der Waals surface area contributed by atoms with E-state index in [1.807, 2.05) is 6.08 Å². The van der Waals surface area contributed by atoms with E-state index in [1.165, 1.54) is 39.5 Å². The number of phosphoric acid groups is 1. The Hall–Kier alpha value is -1.23. The van der Waals surface area contributed by atoms with Gasteiger partial charge in [0.05, 0.1) is 6.61 Å². The van der Waals surface area contributed by atoms with Crippen molar-refractivity contribution in [3.63, 3.8) is 0 Å². The van der Waals surface area contributed by atoms with Crippen molar-refractivity contribution in [2.24, 2.45) is 5.41 Å². The molecular weight excluding hydrogens is 471 g/mol. The lowest BCUT2D eigenvalue weighted by Crippen LogP contribution is -2.46. The van der Waals surface area contributed by atoms with Crippen molar-refractivity contribution in [3.05, 3.63) is 12.2 Å². The Morgan fingerprint density at radius 1 is 1.09 bits per heavy atom. The number of hydrogen-bond donors (Lipinski definition) is 5. The van der Waals surface area contributed by atoms with E-state index in [2.05, 4.69) is 22.1 Å². The zero-order valence-electron chi connectivity index (χ0n) is 19.7. The van der Waals surface area contributed by atoms with Gasteiger partial charge in [0.2, 0.25) is 16.9 Å². The van der Waals surface area contributed by atoms with Crippen molar-refractivity contribution in [2.75, 3.05) is 25.4 Å². The maximum Gasteiger partial charge on any atom is 0.469 e. The summed E-state index contributed by atoms with van der Waals surface area (Å²) in [7, 11) is -4.72. The number of rotatable bonds is 18. The van der Waals surface area contributed by atoms with E-state index in [-0.39, 0.29) is 24.0 Å². The second-order valence-corrected chi connectivity index (χ2v) is 10.7. The van der Waals surface area contributed by atoms with E-state index in [4.69, 9.17) is 9.79 Å². The molecule has 10 nitrogen and oxygen atoms in total. The molecule has 0 aliphatic carbocycles. The lowest BCUT2D eigenvalue weighted by atomic mass is 9.87. The Balaban J connectivity index is 3.95. The van der Waals surface area contributed by atoms with Crippen LogP contribution in [0.15, 0.2) is 12.2 Å². The summed E-state index contributed by atoms with van der Waals surface area (Å²) in [6.45, 7) is 4.76. The van der Waals surface area contributed by atoms with Gasteiger partial charge in [-0.05, 0) is 18.9 Å². The average Bonchev–Trinajstić information content (AvgIpc) is 2.73. The van der Waals surface area contributed by atoms with Crippen LogP contribution in [-0.4, -0.2) is 63.4 Å². The molecule has 0 aliphatic heterocycles. The Labute approximate surface area is 200 Å². The van der Waals surface area contributed by atoms with Gasteiger partial charge in [-0.2, -0.15) is 0 Å². The van der Waals surface area contributed by atoms with Gasteiger partial charge in [-0.3, -0.25) is 18.9 Å². The van der Waals surface area contributed by atoms with Gasteiger partial charge in [-0.15, -0.1) is 0 Å². The molecule has 0 radical (unpaired) electrons. The summed E-state index contributed by atoms with van der Waals surface area (Å²) in [5.74, 6) is -0.658. The highest BCUT2D eigenvalue weighted by Gasteiger charge is 2.35. The van der Waals surface area contributed by atoms with Gasteiger partial charge in [0, 0.05) is 30.7 Å². The quantitative estimate of drug-likeness (QED) is 0.106. The van der Waals surface area contributed by atoms with E-state index in [0.717, 1.165) is 24.6 Å². The van der Waals surface area contributed by atoms with Crippen LogP contribution in [0.5, 0.6) is 0 Å². The predicted molar refractivity (Wildman–Crippen MR) is 128 cm³/mol. The van der Waals surface area contributed by atoms with Crippen molar-refractivity contribution in [3.8, 4) is 0 Å². The molecule has 2 amide bonds. The van der Waals surface area contributed by atoms with Crippen LogP contribution < -0.4 is 10.6 Å². The van der Waals surface area contributed by atoms with Crippen molar-refractivity contribution in [1.82, 2.24) is 10.6 Å². The molecule has 0 bridgehead atoms. The smallest absolute Gasteiger partial charge is 0.383 e. The zero-order valence-corrected chi connectivity index (χ0v) is 21.5. The van der Waals surface area contributed by atoms with Crippen LogP contribution >= 0.6 is 19.6 Å². The molecular formula is C21H39N2O8PS. The number of aliphatic hydroxyl groups excluding tert-OH is 1. The lowest BCUT2D eigenvalue weighted by Gasteiger charge is -2.29. The number of aliphatic hydroxyl groups is 1. The molecule has 192 valence electrons. The highest BCUT2D eigenvalue weighted by molar-refractivity contribution is 8.14. The first-order valence-corrected chi connectivity index (χ1v) is 13.7. The molecule has 12 heteroatoms. The van der Waals surface area contributed by atoms with Crippen LogP contribution in [0.4, 0.5) is 0 Å². The van der Waals surface area contributed by atoms with Gasteiger partial charge >= 0.3 is 7.82 Å². The molecule has 1 atom stereocenters. The SMILES string of the molecule is CCCCCCC/C=C/C(=O)SCCNC(=O)CCNC(=O)C(O)C(C)(C)COP(=O)(O)O. The van der Waals surface area contributed by atoms with Crippen LogP contribution in [0.3, 0.4) is 0 Å². The molecule has 0 saturated heterocycles. The summed E-state index contributed by atoms with van der Waals surface area (Å²) in [5.41, 5.74) is -1.25. The molecule has 0 fully saturated rings. The fraction of sp³-hybridized carbons (Fsp3) is 0.762. The number of unbranched alkanes of at least 4 members (excludes halogenated alkanes) is 5. The van der Waals surface area contributed by atoms with E-state index in [9.17, 15) is 24.1 Å². The summed E-state index contributed by atoms with van der Waals surface area (Å²) < 4.78 is 15.1. The minimum atomic E-state index is -4.72. The van der Waals surface area contributed by atoms with Gasteiger partial charge in [0.1, 0.15) is 6.10 Å². The third-order valence-corrected chi connectivity index (χ3v) is 5.94. The zero-order chi connectivity index (χ0) is 25.3. The molecule has 5 N–H and O–H groups in total. The number of amides is 2. The third-order valence-electron chi connectivity index (χ3n) is 4.64. The molecule has 0 aromatic heterocycles. The van der Waals surface area contributed by atoms with Gasteiger partial charge in [-0.1, -0.05) is 64.3 Å². The third kappa shape index (κ3) is 17.9. The number of phosphoric ester groups is 1. The van der Waals surface area contributed by atoms with Crippen LogP contribution in [0, 0.1) is 5.41 Å². The van der Waals surface area contributed by atoms with E-state index in [1.54, 1.807) is 6.08 Å². The standard InChI is InChI=1S/C21H39N2O8PS/c1-4-5-6-7-8-9-10-11-18(25)33-15-14-22-17(24)12-13-23-20(27)19(26)21(2,3)16-31-32(28,29)30/h10-11,19,26H,4-9,12-16H2,1-3H3,(H,22,24)(H,23,27)(H2,28,29,30)/b11-10+. The van der Waals surface area contributed by atoms with Crippen molar-refractivity contribution >= 4 is 36.5 Å². The topological polar surface area (TPSA) is 162 Å². The summed E-state index contributed by atoms with van der Waals surface area (Å²) in [6, 6.07) is 0. The van der Waals surface area contributed by atoms with Crippen molar-refractivity contribution < 1.29 is 38.4 Å². The summed E-state index contributed by atoms with van der Waals surface area (Å²) in [5, 5.41) is 15.1. The maximum atomic E-state index is 12.0. The van der Waals surface area contributed by atoms with Gasteiger partial charge in [0.15, 0.2) is 0 Å². The first kappa shape index (κ1) is 31.8. The maximum absolute atomic E-state index is 12.0. The van der Waals surface area contributed by atoms with Crippen LogP contribution in [-0.2, 0) is 23.5 Å². The molecule has 0 spiro atoms. The normalized spacial score (nSPS) is 13.2. The fourth-order valence-electron chi connectivity index (χ4n) is 2.60. The minimum Gasteiger partial charge on any atom is -0.383 e. The molecule has 0 heterocycles. The molecule has 0 aliphatic rings. The number of hydrogen-bond acceptors (Lipinski definition) is 7. The average molecular weight is 511 g/mol. The van der Waals surface area contributed by atoms with Crippen LogP contribution in [0.1, 0.15) is 65.7 Å². The molecule has 1 unspecified atom stereocenters. The number of allylic oxidation sites excluding steroid dienone is 1. The second-order valence-electron chi connectivity index (χ2n) is 8.32. The van der Waals surface area contributed by atoms with Crippen molar-refractivity contribution in [2.45, 2.75) is 71.8 Å². The van der Waals surface area contributed by atoms with Gasteiger partial charge in [-0.25, -0.2) is 4.57 Å². The highest BCUT2D eigenvalue weighted by atomic mass is 32.2. The largest absolute Gasteiger partial charge is 0.469 e. The monoisotopic (exact) mass is 510 g/mol. The fourth-order valence-corrected chi connectivity index (χ4v) is 3.70. The number of thioether (sulfide) groups is 1. The second kappa shape index (κ2) is 17.2.